The van der Waals surface area contributed by atoms with E-state index >= 15 is 0 Å². The van der Waals surface area contributed by atoms with Gasteiger partial charge >= 0.3 is 5.97 Å². The number of anilines is 1. The number of carbonyl (C=O) groups is 1. The van der Waals surface area contributed by atoms with Crippen molar-refractivity contribution in [3.05, 3.63) is 71.2 Å². The van der Waals surface area contributed by atoms with Gasteiger partial charge in [0.2, 0.25) is 5.13 Å². The fourth-order valence-electron chi connectivity index (χ4n) is 2.24. The van der Waals surface area contributed by atoms with Crippen LogP contribution in [0.1, 0.15) is 18.2 Å². The molecule has 27 heavy (non-hydrogen) atoms. The summed E-state index contributed by atoms with van der Waals surface area (Å²) < 4.78 is 10.7. The van der Waals surface area contributed by atoms with Gasteiger partial charge in [-0.3, -0.25) is 10.2 Å². The molecule has 0 amide bonds. The van der Waals surface area contributed by atoms with Gasteiger partial charge in [-0.1, -0.05) is 30.3 Å². The number of rotatable bonds is 8. The summed E-state index contributed by atoms with van der Waals surface area (Å²) in [7, 11) is 0. The number of hydrogen-bond donors (Lipinski definition) is 1. The molecule has 0 radical (unpaired) electrons. The van der Waals surface area contributed by atoms with Crippen molar-refractivity contribution in [2.45, 2.75) is 13.3 Å². The van der Waals surface area contributed by atoms with Crippen LogP contribution in [0.2, 0.25) is 0 Å². The fourth-order valence-corrected chi connectivity index (χ4v) is 2.90. The standard InChI is InChI=1S/C20H19N3O3S/c1-2-25-19(24)12-16-14-27-20(22-16)23-21-13-15-7-6-10-18(11-15)26-17-8-4-3-5-9-17/h3-11,13-14H,2,12H2,1H3,(H,22,23). The van der Waals surface area contributed by atoms with Gasteiger partial charge in [-0.05, 0) is 36.8 Å². The lowest BCUT2D eigenvalue weighted by atomic mass is 10.2. The Bertz CT molecular complexity index is 910. The second kappa shape index (κ2) is 9.49. The fraction of sp³-hybridized carbons (Fsp3) is 0.150. The number of nitrogens with one attached hydrogen (secondary N) is 1. The van der Waals surface area contributed by atoms with E-state index in [1.807, 2.05) is 60.0 Å². The first-order chi connectivity index (χ1) is 13.2. The molecule has 0 fully saturated rings. The van der Waals surface area contributed by atoms with E-state index in [1.54, 1.807) is 13.1 Å². The summed E-state index contributed by atoms with van der Waals surface area (Å²) in [5.41, 5.74) is 4.42. The molecule has 3 rings (SSSR count). The highest BCUT2D eigenvalue weighted by Gasteiger charge is 2.07. The number of hydrazone groups is 1. The molecule has 0 saturated carbocycles. The van der Waals surface area contributed by atoms with Gasteiger partial charge in [0.25, 0.3) is 0 Å². The van der Waals surface area contributed by atoms with Crippen LogP contribution in [-0.2, 0) is 16.0 Å². The first-order valence-corrected chi connectivity index (χ1v) is 9.33. The molecule has 1 aromatic heterocycles. The van der Waals surface area contributed by atoms with Crippen LogP contribution in [0.25, 0.3) is 0 Å². The Morgan fingerprint density at radius 3 is 2.81 bits per heavy atom. The molecule has 6 nitrogen and oxygen atoms in total. The van der Waals surface area contributed by atoms with Crippen molar-refractivity contribution < 1.29 is 14.3 Å². The zero-order valence-electron chi connectivity index (χ0n) is 14.8. The Morgan fingerprint density at radius 2 is 2.00 bits per heavy atom. The quantitative estimate of drug-likeness (QED) is 0.354. The molecule has 1 heterocycles. The number of esters is 1. The number of benzene rings is 2. The molecule has 0 spiro atoms. The summed E-state index contributed by atoms with van der Waals surface area (Å²) in [5.74, 6) is 1.23. The van der Waals surface area contributed by atoms with Crippen LogP contribution in [0.3, 0.4) is 0 Å². The van der Waals surface area contributed by atoms with Crippen LogP contribution in [-0.4, -0.2) is 23.8 Å². The van der Waals surface area contributed by atoms with Crippen molar-refractivity contribution in [2.75, 3.05) is 12.0 Å². The molecule has 3 aromatic rings. The second-order valence-corrected chi connectivity index (χ2v) is 6.34. The van der Waals surface area contributed by atoms with E-state index in [2.05, 4.69) is 15.5 Å². The predicted octanol–water partition coefficient (Wildman–Crippen LogP) is 4.49. The maximum absolute atomic E-state index is 11.5. The third-order valence-corrected chi connectivity index (χ3v) is 4.19. The van der Waals surface area contributed by atoms with Crippen molar-refractivity contribution >= 4 is 28.7 Å². The van der Waals surface area contributed by atoms with Gasteiger partial charge < -0.3 is 9.47 Å². The van der Waals surface area contributed by atoms with Gasteiger partial charge in [0.15, 0.2) is 0 Å². The van der Waals surface area contributed by atoms with E-state index < -0.39 is 0 Å². The van der Waals surface area contributed by atoms with Crippen molar-refractivity contribution in [3.63, 3.8) is 0 Å². The first-order valence-electron chi connectivity index (χ1n) is 8.45. The summed E-state index contributed by atoms with van der Waals surface area (Å²) in [6, 6.07) is 17.2. The maximum Gasteiger partial charge on any atom is 0.311 e. The van der Waals surface area contributed by atoms with Crippen LogP contribution in [0.15, 0.2) is 65.1 Å². The highest BCUT2D eigenvalue weighted by Crippen LogP contribution is 2.21. The molecule has 0 saturated heterocycles. The zero-order chi connectivity index (χ0) is 18.9. The van der Waals surface area contributed by atoms with E-state index in [4.69, 9.17) is 9.47 Å². The van der Waals surface area contributed by atoms with Gasteiger partial charge in [0.1, 0.15) is 11.5 Å². The highest BCUT2D eigenvalue weighted by molar-refractivity contribution is 7.13. The van der Waals surface area contributed by atoms with E-state index in [0.717, 1.165) is 17.1 Å². The average Bonchev–Trinajstić information content (AvgIpc) is 3.10. The summed E-state index contributed by atoms with van der Waals surface area (Å²) in [6.45, 7) is 2.14. The first kappa shape index (κ1) is 18.6. The van der Waals surface area contributed by atoms with Crippen LogP contribution in [0.5, 0.6) is 11.5 Å². The van der Waals surface area contributed by atoms with Crippen molar-refractivity contribution in [2.24, 2.45) is 5.10 Å². The van der Waals surface area contributed by atoms with Gasteiger partial charge in [0.05, 0.1) is 24.9 Å². The van der Waals surface area contributed by atoms with E-state index in [9.17, 15) is 4.79 Å². The molecule has 0 aliphatic heterocycles. The van der Waals surface area contributed by atoms with Crippen LogP contribution >= 0.6 is 11.3 Å². The molecule has 7 heteroatoms. The van der Waals surface area contributed by atoms with Crippen molar-refractivity contribution in [1.82, 2.24) is 4.98 Å². The van der Waals surface area contributed by atoms with E-state index in [0.29, 0.717) is 17.4 Å². The number of ether oxygens (including phenoxy) is 2. The molecule has 0 bridgehead atoms. The van der Waals surface area contributed by atoms with Crippen LogP contribution in [0, 0.1) is 0 Å². The van der Waals surface area contributed by atoms with Gasteiger partial charge in [0, 0.05) is 5.38 Å². The van der Waals surface area contributed by atoms with E-state index in [-0.39, 0.29) is 12.4 Å². The molecular formula is C20H19N3O3S. The normalized spacial score (nSPS) is 10.7. The lowest BCUT2D eigenvalue weighted by Crippen LogP contribution is -2.07. The molecule has 0 atom stereocenters. The average molecular weight is 381 g/mol. The van der Waals surface area contributed by atoms with Gasteiger partial charge in [-0.15, -0.1) is 11.3 Å². The Morgan fingerprint density at radius 1 is 1.19 bits per heavy atom. The Hall–Kier alpha value is -3.19. The minimum atomic E-state index is -0.284. The second-order valence-electron chi connectivity index (χ2n) is 5.48. The maximum atomic E-state index is 11.5. The molecule has 0 aliphatic rings. The van der Waals surface area contributed by atoms with Crippen molar-refractivity contribution in [1.29, 1.82) is 0 Å². The number of hydrogen-bond acceptors (Lipinski definition) is 7. The number of aromatic nitrogens is 1. The molecular weight excluding hydrogens is 362 g/mol. The van der Waals surface area contributed by atoms with E-state index in [1.165, 1.54) is 11.3 Å². The lowest BCUT2D eigenvalue weighted by Gasteiger charge is -2.05. The SMILES string of the molecule is CCOC(=O)Cc1csc(NN=Cc2cccc(Oc3ccccc3)c2)n1. The molecule has 138 valence electrons. The highest BCUT2D eigenvalue weighted by atomic mass is 32.1. The smallest absolute Gasteiger partial charge is 0.311 e. The summed E-state index contributed by atoms with van der Waals surface area (Å²) in [6.07, 6.45) is 1.85. The Balaban J connectivity index is 1.56. The van der Waals surface area contributed by atoms with Crippen LogP contribution < -0.4 is 10.2 Å². The molecule has 1 N–H and O–H groups in total. The van der Waals surface area contributed by atoms with Gasteiger partial charge in [-0.25, -0.2) is 4.98 Å². The molecule has 2 aromatic carbocycles. The molecule has 0 aliphatic carbocycles. The number of nitrogens with zero attached hydrogens (tertiary/aromatic N) is 2. The monoisotopic (exact) mass is 381 g/mol. The zero-order valence-corrected chi connectivity index (χ0v) is 15.6. The third kappa shape index (κ3) is 5.93. The summed E-state index contributed by atoms with van der Waals surface area (Å²) in [5, 5.41) is 6.61. The Kier molecular flexibility index (Phi) is 6.54. The summed E-state index contributed by atoms with van der Waals surface area (Å²) >= 11 is 1.38. The number of para-hydroxylation sites is 1. The van der Waals surface area contributed by atoms with Gasteiger partial charge in [-0.2, -0.15) is 5.10 Å². The number of thiazole rings is 1. The predicted molar refractivity (Wildman–Crippen MR) is 107 cm³/mol. The topological polar surface area (TPSA) is 72.8 Å². The minimum absolute atomic E-state index is 0.161. The summed E-state index contributed by atoms with van der Waals surface area (Å²) in [4.78, 5) is 15.8. The molecule has 0 unspecified atom stereocenters. The third-order valence-electron chi connectivity index (χ3n) is 3.39. The largest absolute Gasteiger partial charge is 0.466 e. The minimum Gasteiger partial charge on any atom is -0.466 e. The van der Waals surface area contributed by atoms with Crippen molar-refractivity contribution in [3.8, 4) is 11.5 Å². The number of carbonyl (C=O) groups excluding carboxylic acids is 1. The van der Waals surface area contributed by atoms with Crippen LogP contribution in [0.4, 0.5) is 5.13 Å². The lowest BCUT2D eigenvalue weighted by molar-refractivity contribution is -0.142. The Labute approximate surface area is 161 Å².